The number of esters is 1. The number of carbonyl (C=O) groups excluding carboxylic acids is 2. The van der Waals surface area contributed by atoms with Crippen LogP contribution in [0.2, 0.25) is 0 Å². The third-order valence-corrected chi connectivity index (χ3v) is 14.9. The van der Waals surface area contributed by atoms with Gasteiger partial charge < -0.3 is 14.9 Å². The number of aliphatic carboxylic acids is 2. The molecule has 6 rings (SSSR count). The SMILES string of the molecule is CC1(C)[C@@H](OC(=O)[C@@H]2CCCC[C@@H]2C(=O)O)CC[C@]2(C)[C@H]3C(=O)C=C4C(CC[C@@]5(C)CC[C@](C)(C(=O)O)C[C@@H]45)[C@]3(C)CC[C@@H]12. The Kier molecular flexibility index (Phi) is 7.53. The molecule has 0 saturated heterocycles. The maximum absolute atomic E-state index is 14.5. The van der Waals surface area contributed by atoms with Gasteiger partial charge in [0.25, 0.3) is 0 Å². The second kappa shape index (κ2) is 10.4. The zero-order chi connectivity index (χ0) is 32.0. The molecule has 0 aliphatic heterocycles. The molecular weight excluding hydrogens is 556 g/mol. The summed E-state index contributed by atoms with van der Waals surface area (Å²) in [4.78, 5) is 52.1. The zero-order valence-corrected chi connectivity index (χ0v) is 27.7. The zero-order valence-electron chi connectivity index (χ0n) is 27.7. The summed E-state index contributed by atoms with van der Waals surface area (Å²) in [7, 11) is 0. The molecule has 0 aromatic heterocycles. The molecule has 1 unspecified atom stereocenters. The lowest BCUT2D eigenvalue weighted by Gasteiger charge is -2.67. The van der Waals surface area contributed by atoms with Crippen LogP contribution >= 0.6 is 0 Å². The average molecular weight is 611 g/mol. The van der Waals surface area contributed by atoms with Crippen molar-refractivity contribution < 1.29 is 34.1 Å². The monoisotopic (exact) mass is 610 g/mol. The number of rotatable bonds is 4. The summed E-state index contributed by atoms with van der Waals surface area (Å²) >= 11 is 0. The molecule has 0 aromatic rings. The van der Waals surface area contributed by atoms with E-state index in [-0.39, 0.29) is 63.2 Å². The second-order valence-corrected chi connectivity index (χ2v) is 17.6. The van der Waals surface area contributed by atoms with Crippen molar-refractivity contribution in [2.75, 3.05) is 0 Å². The minimum absolute atomic E-state index is 0.0454. The van der Waals surface area contributed by atoms with Crippen LogP contribution in [0.4, 0.5) is 0 Å². The molecule has 5 saturated carbocycles. The molecule has 5 fully saturated rings. The van der Waals surface area contributed by atoms with Crippen molar-refractivity contribution >= 4 is 23.7 Å². The largest absolute Gasteiger partial charge is 0.481 e. The predicted octanol–water partition coefficient (Wildman–Crippen LogP) is 7.46. The fourth-order valence-electron chi connectivity index (χ4n) is 12.2. The van der Waals surface area contributed by atoms with Crippen LogP contribution in [0.5, 0.6) is 0 Å². The smallest absolute Gasteiger partial charge is 0.310 e. The first-order chi connectivity index (χ1) is 20.5. The van der Waals surface area contributed by atoms with Crippen LogP contribution in [-0.2, 0) is 23.9 Å². The topological polar surface area (TPSA) is 118 Å². The highest BCUT2D eigenvalue weighted by atomic mass is 16.5. The highest BCUT2D eigenvalue weighted by molar-refractivity contribution is 5.95. The molecule has 0 radical (unpaired) electrons. The number of fused-ring (bicyclic) bond motifs is 7. The first-order valence-corrected chi connectivity index (χ1v) is 17.4. The summed E-state index contributed by atoms with van der Waals surface area (Å²) in [5.74, 6) is -2.51. The Morgan fingerprint density at radius 1 is 0.773 bits per heavy atom. The number of hydrogen-bond donors (Lipinski definition) is 2. The van der Waals surface area contributed by atoms with Crippen LogP contribution in [0.25, 0.3) is 0 Å². The average Bonchev–Trinajstić information content (AvgIpc) is 2.94. The maximum atomic E-state index is 14.5. The molecule has 0 aromatic carbocycles. The van der Waals surface area contributed by atoms with Gasteiger partial charge in [-0.2, -0.15) is 0 Å². The first-order valence-electron chi connectivity index (χ1n) is 17.4. The molecule has 244 valence electrons. The Hall–Kier alpha value is -2.18. The quantitative estimate of drug-likeness (QED) is 0.317. The number of carbonyl (C=O) groups is 4. The van der Waals surface area contributed by atoms with E-state index in [1.165, 1.54) is 5.57 Å². The molecule has 6 aliphatic rings. The Bertz CT molecular complexity index is 1280. The van der Waals surface area contributed by atoms with E-state index in [0.717, 1.165) is 51.4 Å². The number of carboxylic acid groups (broad SMARTS) is 2. The maximum Gasteiger partial charge on any atom is 0.310 e. The summed E-state index contributed by atoms with van der Waals surface area (Å²) in [5.41, 5.74) is -0.237. The third-order valence-electron chi connectivity index (χ3n) is 14.9. The van der Waals surface area contributed by atoms with Crippen LogP contribution in [-0.4, -0.2) is 40.0 Å². The molecule has 11 atom stereocenters. The fraction of sp³-hybridized carbons (Fsp3) is 0.838. The van der Waals surface area contributed by atoms with E-state index in [1.807, 2.05) is 13.0 Å². The van der Waals surface area contributed by atoms with E-state index in [4.69, 9.17) is 4.74 Å². The van der Waals surface area contributed by atoms with Crippen LogP contribution in [0, 0.1) is 62.6 Å². The van der Waals surface area contributed by atoms with Crippen LogP contribution in [0.1, 0.15) is 125 Å². The van der Waals surface area contributed by atoms with Gasteiger partial charge in [-0.25, -0.2) is 0 Å². The van der Waals surface area contributed by atoms with Gasteiger partial charge >= 0.3 is 17.9 Å². The molecular formula is C37H54O7. The van der Waals surface area contributed by atoms with E-state index < -0.39 is 29.2 Å². The molecule has 0 bridgehead atoms. The molecule has 0 amide bonds. The molecule has 7 nitrogen and oxygen atoms in total. The van der Waals surface area contributed by atoms with E-state index >= 15 is 0 Å². The molecule has 44 heavy (non-hydrogen) atoms. The lowest BCUT2D eigenvalue weighted by molar-refractivity contribution is -0.205. The van der Waals surface area contributed by atoms with Gasteiger partial charge in [0.1, 0.15) is 6.10 Å². The first kappa shape index (κ1) is 31.8. The lowest BCUT2D eigenvalue weighted by Crippen LogP contribution is -2.64. The van der Waals surface area contributed by atoms with Crippen molar-refractivity contribution in [1.82, 2.24) is 0 Å². The molecule has 6 aliphatic carbocycles. The van der Waals surface area contributed by atoms with Crippen molar-refractivity contribution in [2.45, 2.75) is 131 Å². The van der Waals surface area contributed by atoms with Gasteiger partial charge in [-0.05, 0) is 118 Å². The minimum atomic E-state index is -0.902. The van der Waals surface area contributed by atoms with Crippen LogP contribution in [0.15, 0.2) is 11.6 Å². The Balaban J connectivity index is 1.27. The Labute approximate surface area is 263 Å². The van der Waals surface area contributed by atoms with Crippen LogP contribution < -0.4 is 0 Å². The minimum Gasteiger partial charge on any atom is -0.481 e. The van der Waals surface area contributed by atoms with E-state index in [9.17, 15) is 29.4 Å². The number of allylic oxidation sites excluding steroid dienone is 2. The summed E-state index contributed by atoms with van der Waals surface area (Å²) in [5, 5.41) is 19.9. The third kappa shape index (κ3) is 4.55. The summed E-state index contributed by atoms with van der Waals surface area (Å²) in [6, 6.07) is 0. The fourth-order valence-corrected chi connectivity index (χ4v) is 12.2. The Morgan fingerprint density at radius 2 is 1.43 bits per heavy atom. The van der Waals surface area contributed by atoms with Crippen molar-refractivity contribution in [2.24, 2.45) is 62.6 Å². The van der Waals surface area contributed by atoms with Crippen molar-refractivity contribution in [1.29, 1.82) is 0 Å². The molecule has 2 N–H and O–H groups in total. The standard InChI is InChI=1S/C37H54O7/c1-33(2)27-12-15-36(5)24-11-14-34(3)17-18-35(4,32(42)43)20-25(34)23(24)19-26(38)29(36)37(27,6)16-13-28(33)44-31(41)22-10-8-7-9-21(22)30(39)40/h19,21-22,24-25,27-29H,7-18,20H2,1-6H3,(H,39,40)(H,42,43)/t21-,22+,24?,25-,27-,28-,29-,34-,35-,36-,37-/m0/s1. The highest BCUT2D eigenvalue weighted by Gasteiger charge is 2.67. The van der Waals surface area contributed by atoms with Gasteiger partial charge in [-0.15, -0.1) is 0 Å². The highest BCUT2D eigenvalue weighted by Crippen LogP contribution is 2.71. The van der Waals surface area contributed by atoms with E-state index in [2.05, 4.69) is 34.6 Å². The summed E-state index contributed by atoms with van der Waals surface area (Å²) in [6.45, 7) is 13.3. The lowest BCUT2D eigenvalue weighted by atomic mass is 9.37. The van der Waals surface area contributed by atoms with Gasteiger partial charge in [-0.3, -0.25) is 19.2 Å². The van der Waals surface area contributed by atoms with E-state index in [1.54, 1.807) is 0 Å². The number of hydrogen-bond acceptors (Lipinski definition) is 5. The summed E-state index contributed by atoms with van der Waals surface area (Å²) < 4.78 is 6.26. The normalized spacial score (nSPS) is 48.0. The summed E-state index contributed by atoms with van der Waals surface area (Å²) in [6.07, 6.45) is 12.1. The van der Waals surface area contributed by atoms with Crippen LogP contribution in [0.3, 0.4) is 0 Å². The van der Waals surface area contributed by atoms with Gasteiger partial charge in [0, 0.05) is 11.3 Å². The van der Waals surface area contributed by atoms with Gasteiger partial charge in [0.2, 0.25) is 0 Å². The number of ether oxygens (including phenoxy) is 1. The number of carboxylic acids is 2. The van der Waals surface area contributed by atoms with Crippen molar-refractivity contribution in [3.63, 3.8) is 0 Å². The van der Waals surface area contributed by atoms with Crippen molar-refractivity contribution in [3.05, 3.63) is 11.6 Å². The van der Waals surface area contributed by atoms with Gasteiger partial charge in [-0.1, -0.05) is 53.0 Å². The molecule has 0 heterocycles. The number of ketones is 1. The van der Waals surface area contributed by atoms with E-state index in [0.29, 0.717) is 32.1 Å². The van der Waals surface area contributed by atoms with Crippen molar-refractivity contribution in [3.8, 4) is 0 Å². The second-order valence-electron chi connectivity index (χ2n) is 17.6. The predicted molar refractivity (Wildman–Crippen MR) is 165 cm³/mol. The van der Waals surface area contributed by atoms with Gasteiger partial charge in [0.15, 0.2) is 5.78 Å². The molecule has 7 heteroatoms. The van der Waals surface area contributed by atoms with Gasteiger partial charge in [0.05, 0.1) is 17.3 Å². The Morgan fingerprint density at radius 3 is 2.09 bits per heavy atom. The molecule has 0 spiro atoms.